The van der Waals surface area contributed by atoms with Gasteiger partial charge in [0.1, 0.15) is 0 Å². The highest BCUT2D eigenvalue weighted by Gasteiger charge is 2.40. The van der Waals surface area contributed by atoms with Gasteiger partial charge >= 0.3 is 0 Å². The van der Waals surface area contributed by atoms with Gasteiger partial charge in [0.2, 0.25) is 0 Å². The Morgan fingerprint density at radius 2 is 1.71 bits per heavy atom. The number of benzene rings is 3. The molecule has 0 radical (unpaired) electrons. The second kappa shape index (κ2) is 6.20. The molecule has 0 saturated heterocycles. The molecule has 1 aliphatic carbocycles. The van der Waals surface area contributed by atoms with Gasteiger partial charge in [0, 0.05) is 34.0 Å². The SMILES string of the molecule is Cc1ccc2c(c1)[C@@](C)(Cc1c(-c3ccccc3)[nH]c3ccccc13)CC2=O. The Hall–Kier alpha value is -3.13. The summed E-state index contributed by atoms with van der Waals surface area (Å²) in [6.07, 6.45) is 1.41. The van der Waals surface area contributed by atoms with Gasteiger partial charge in [-0.15, -0.1) is 0 Å². The van der Waals surface area contributed by atoms with Gasteiger partial charge in [0.15, 0.2) is 5.78 Å². The average molecular weight is 365 g/mol. The third-order valence-electron chi connectivity index (χ3n) is 6.12. The van der Waals surface area contributed by atoms with Crippen LogP contribution in [0.4, 0.5) is 0 Å². The van der Waals surface area contributed by atoms with Crippen molar-refractivity contribution in [2.24, 2.45) is 0 Å². The van der Waals surface area contributed by atoms with E-state index in [9.17, 15) is 4.79 Å². The van der Waals surface area contributed by atoms with E-state index in [4.69, 9.17) is 0 Å². The van der Waals surface area contributed by atoms with Crippen LogP contribution in [0, 0.1) is 6.92 Å². The molecule has 1 heterocycles. The van der Waals surface area contributed by atoms with Crippen LogP contribution in [0.3, 0.4) is 0 Å². The van der Waals surface area contributed by atoms with Gasteiger partial charge in [-0.2, -0.15) is 0 Å². The first-order chi connectivity index (χ1) is 13.5. The summed E-state index contributed by atoms with van der Waals surface area (Å²) in [5.74, 6) is 0.263. The number of hydrogen-bond donors (Lipinski definition) is 1. The fraction of sp³-hybridized carbons (Fsp3) is 0.192. The maximum atomic E-state index is 12.7. The number of fused-ring (bicyclic) bond motifs is 2. The Morgan fingerprint density at radius 3 is 2.54 bits per heavy atom. The average Bonchev–Trinajstić information content (AvgIpc) is 3.18. The van der Waals surface area contributed by atoms with Crippen molar-refractivity contribution in [2.75, 3.05) is 0 Å². The highest BCUT2D eigenvalue weighted by Crippen LogP contribution is 2.44. The number of aromatic nitrogens is 1. The van der Waals surface area contributed by atoms with Gasteiger partial charge < -0.3 is 4.98 Å². The summed E-state index contributed by atoms with van der Waals surface area (Å²) in [6.45, 7) is 4.34. The van der Waals surface area contributed by atoms with Crippen LogP contribution in [0.15, 0.2) is 72.8 Å². The fourth-order valence-corrected chi connectivity index (χ4v) is 4.73. The van der Waals surface area contributed by atoms with Crippen molar-refractivity contribution >= 4 is 16.7 Å². The lowest BCUT2D eigenvalue weighted by Crippen LogP contribution is -2.22. The molecule has 1 atom stereocenters. The van der Waals surface area contributed by atoms with E-state index in [0.717, 1.165) is 23.2 Å². The smallest absolute Gasteiger partial charge is 0.164 e. The molecule has 0 amide bonds. The number of H-pyrrole nitrogens is 1. The first-order valence-electron chi connectivity index (χ1n) is 9.84. The van der Waals surface area contributed by atoms with Crippen molar-refractivity contribution in [3.63, 3.8) is 0 Å². The van der Waals surface area contributed by atoms with E-state index in [1.54, 1.807) is 0 Å². The zero-order valence-corrected chi connectivity index (χ0v) is 16.3. The number of carbonyl (C=O) groups excluding carboxylic acids is 1. The van der Waals surface area contributed by atoms with Crippen LogP contribution < -0.4 is 0 Å². The first-order valence-corrected chi connectivity index (χ1v) is 9.84. The van der Waals surface area contributed by atoms with Crippen LogP contribution in [-0.4, -0.2) is 10.8 Å². The molecule has 0 bridgehead atoms. The second-order valence-corrected chi connectivity index (χ2v) is 8.28. The van der Waals surface area contributed by atoms with Crippen LogP contribution in [0.2, 0.25) is 0 Å². The van der Waals surface area contributed by atoms with E-state index >= 15 is 0 Å². The molecular weight excluding hydrogens is 342 g/mol. The van der Waals surface area contributed by atoms with E-state index in [-0.39, 0.29) is 11.2 Å². The van der Waals surface area contributed by atoms with Gasteiger partial charge in [-0.1, -0.05) is 79.2 Å². The van der Waals surface area contributed by atoms with Gasteiger partial charge in [-0.05, 0) is 36.1 Å². The molecule has 4 aromatic rings. The predicted molar refractivity (Wildman–Crippen MR) is 115 cm³/mol. The van der Waals surface area contributed by atoms with Gasteiger partial charge in [-0.3, -0.25) is 4.79 Å². The number of ketones is 1. The summed E-state index contributed by atoms with van der Waals surface area (Å²) in [6, 6.07) is 25.2. The molecule has 0 fully saturated rings. The van der Waals surface area contributed by atoms with Crippen molar-refractivity contribution in [2.45, 2.75) is 32.1 Å². The minimum atomic E-state index is -0.188. The molecule has 5 rings (SSSR count). The minimum absolute atomic E-state index is 0.188. The number of para-hydroxylation sites is 1. The number of rotatable bonds is 3. The third-order valence-corrected chi connectivity index (χ3v) is 6.12. The van der Waals surface area contributed by atoms with Crippen molar-refractivity contribution in [1.29, 1.82) is 0 Å². The molecular formula is C26H23NO. The van der Waals surface area contributed by atoms with Crippen LogP contribution in [0.25, 0.3) is 22.2 Å². The summed E-state index contributed by atoms with van der Waals surface area (Å²) in [5.41, 5.74) is 7.91. The number of nitrogens with one attached hydrogen (secondary N) is 1. The van der Waals surface area contributed by atoms with Crippen molar-refractivity contribution < 1.29 is 4.79 Å². The van der Waals surface area contributed by atoms with Crippen LogP contribution in [-0.2, 0) is 11.8 Å². The van der Waals surface area contributed by atoms with Crippen molar-refractivity contribution in [3.05, 3.63) is 95.1 Å². The predicted octanol–water partition coefficient (Wildman–Crippen LogP) is 6.23. The van der Waals surface area contributed by atoms with Crippen LogP contribution in [0.1, 0.15) is 40.4 Å². The van der Waals surface area contributed by atoms with Crippen LogP contribution in [0.5, 0.6) is 0 Å². The Balaban J connectivity index is 1.69. The summed E-state index contributed by atoms with van der Waals surface area (Å²) >= 11 is 0. The lowest BCUT2D eigenvalue weighted by molar-refractivity contribution is 0.0976. The van der Waals surface area contributed by atoms with Crippen molar-refractivity contribution in [1.82, 2.24) is 4.98 Å². The quantitative estimate of drug-likeness (QED) is 0.458. The maximum absolute atomic E-state index is 12.7. The molecule has 1 N–H and O–H groups in total. The second-order valence-electron chi connectivity index (χ2n) is 8.28. The van der Waals surface area contributed by atoms with E-state index in [1.165, 1.54) is 27.6 Å². The number of carbonyl (C=O) groups is 1. The largest absolute Gasteiger partial charge is 0.354 e. The molecule has 3 aromatic carbocycles. The standard InChI is InChI=1S/C26H23NO/c1-17-12-13-20-22(14-17)26(2,16-24(20)28)15-21-19-10-6-7-11-23(19)27-25(21)18-8-4-3-5-9-18/h3-14,27H,15-16H2,1-2H3/t26-/m0/s1. The Labute approximate surface area is 165 Å². The topological polar surface area (TPSA) is 32.9 Å². The highest BCUT2D eigenvalue weighted by atomic mass is 16.1. The maximum Gasteiger partial charge on any atom is 0.164 e. The van der Waals surface area contributed by atoms with E-state index in [1.807, 2.05) is 18.2 Å². The Bertz CT molecular complexity index is 1200. The number of aryl methyl sites for hydroxylation is 1. The normalized spacial score (nSPS) is 18.6. The van der Waals surface area contributed by atoms with Crippen molar-refractivity contribution in [3.8, 4) is 11.3 Å². The number of Topliss-reactive ketones (excluding diaryl/α,β-unsaturated/α-hetero) is 1. The van der Waals surface area contributed by atoms with Gasteiger partial charge in [0.05, 0.1) is 0 Å². The van der Waals surface area contributed by atoms with E-state index < -0.39 is 0 Å². The molecule has 0 aliphatic heterocycles. The highest BCUT2D eigenvalue weighted by molar-refractivity contribution is 6.02. The van der Waals surface area contributed by atoms with Crippen LogP contribution >= 0.6 is 0 Å². The summed E-state index contributed by atoms with van der Waals surface area (Å²) in [4.78, 5) is 16.4. The molecule has 28 heavy (non-hydrogen) atoms. The first kappa shape index (κ1) is 17.0. The zero-order valence-electron chi connectivity index (χ0n) is 16.3. The Morgan fingerprint density at radius 1 is 0.964 bits per heavy atom. The molecule has 2 heteroatoms. The molecule has 0 unspecified atom stereocenters. The summed E-state index contributed by atoms with van der Waals surface area (Å²) in [5, 5.41) is 1.25. The third kappa shape index (κ3) is 2.60. The molecule has 1 aliphatic rings. The lowest BCUT2D eigenvalue weighted by Gasteiger charge is -2.25. The monoisotopic (exact) mass is 365 g/mol. The summed E-state index contributed by atoms with van der Waals surface area (Å²) < 4.78 is 0. The molecule has 138 valence electrons. The molecule has 1 aromatic heterocycles. The molecule has 2 nitrogen and oxygen atoms in total. The van der Waals surface area contributed by atoms with E-state index in [2.05, 4.69) is 73.4 Å². The van der Waals surface area contributed by atoms with Gasteiger partial charge in [-0.25, -0.2) is 0 Å². The minimum Gasteiger partial charge on any atom is -0.354 e. The molecule has 0 saturated carbocycles. The van der Waals surface area contributed by atoms with Gasteiger partial charge in [0.25, 0.3) is 0 Å². The zero-order chi connectivity index (χ0) is 19.3. The number of hydrogen-bond acceptors (Lipinski definition) is 1. The van der Waals surface area contributed by atoms with E-state index in [0.29, 0.717) is 6.42 Å². The molecule has 0 spiro atoms. The fourth-order valence-electron chi connectivity index (χ4n) is 4.73. The Kier molecular flexibility index (Phi) is 3.77. The summed E-state index contributed by atoms with van der Waals surface area (Å²) in [7, 11) is 0. The number of aromatic amines is 1. The lowest BCUT2D eigenvalue weighted by atomic mass is 9.77.